The molecule has 2 saturated heterocycles. The third-order valence-electron chi connectivity index (χ3n) is 5.05. The minimum absolute atomic E-state index is 0.165. The molecule has 1 aromatic carbocycles. The average molecular weight is 381 g/mol. The molecule has 0 amide bonds. The third-order valence-corrected chi connectivity index (χ3v) is 5.05. The molecular weight excluding hydrogens is 361 g/mol. The fourth-order valence-electron chi connectivity index (χ4n) is 3.43. The van der Waals surface area contributed by atoms with Crippen LogP contribution in [0, 0.1) is 11.7 Å². The fraction of sp³-hybridized carbons (Fsp3) is 0.333. The summed E-state index contributed by atoms with van der Waals surface area (Å²) in [5.41, 5.74) is 1.65. The van der Waals surface area contributed by atoms with Gasteiger partial charge in [-0.25, -0.2) is 9.37 Å². The van der Waals surface area contributed by atoms with Crippen LogP contribution in [-0.2, 0) is 9.47 Å². The summed E-state index contributed by atoms with van der Waals surface area (Å²) in [4.78, 5) is 8.46. The van der Waals surface area contributed by atoms with E-state index in [0.717, 1.165) is 41.8 Å². The van der Waals surface area contributed by atoms with Crippen molar-refractivity contribution in [2.24, 2.45) is 5.92 Å². The molecule has 4 heterocycles. The van der Waals surface area contributed by atoms with E-state index in [1.54, 1.807) is 12.3 Å². The van der Waals surface area contributed by atoms with E-state index in [4.69, 9.17) is 14.2 Å². The van der Waals surface area contributed by atoms with Crippen LogP contribution in [0.2, 0.25) is 0 Å². The molecule has 6 nitrogen and oxygen atoms in total. The zero-order chi connectivity index (χ0) is 18.9. The highest BCUT2D eigenvalue weighted by atomic mass is 19.1. The van der Waals surface area contributed by atoms with Gasteiger partial charge in [0.05, 0.1) is 25.1 Å². The van der Waals surface area contributed by atoms with E-state index in [-0.39, 0.29) is 18.1 Å². The first-order valence-electron chi connectivity index (χ1n) is 9.39. The van der Waals surface area contributed by atoms with Gasteiger partial charge in [0, 0.05) is 29.8 Å². The molecule has 0 aliphatic carbocycles. The largest absolute Gasteiger partial charge is 0.477 e. The lowest BCUT2D eigenvalue weighted by Gasteiger charge is -2.12. The third kappa shape index (κ3) is 3.63. The highest BCUT2D eigenvalue weighted by Crippen LogP contribution is 2.38. The van der Waals surface area contributed by atoms with Crippen LogP contribution in [0.15, 0.2) is 48.8 Å². The van der Waals surface area contributed by atoms with E-state index in [2.05, 4.69) is 15.3 Å². The molecule has 7 heteroatoms. The van der Waals surface area contributed by atoms with Crippen LogP contribution in [0.4, 0.5) is 10.1 Å². The van der Waals surface area contributed by atoms with Crippen LogP contribution in [0.25, 0.3) is 10.8 Å². The topological polar surface area (TPSA) is 68.8 Å². The highest BCUT2D eigenvalue weighted by molar-refractivity contribution is 5.89. The van der Waals surface area contributed by atoms with E-state index in [9.17, 15) is 4.39 Å². The number of nitrogens with zero attached hydrogens (tertiary/aromatic N) is 2. The number of anilines is 1. The number of rotatable bonds is 6. The van der Waals surface area contributed by atoms with Crippen molar-refractivity contribution in [3.05, 3.63) is 60.3 Å². The van der Waals surface area contributed by atoms with Gasteiger partial charge in [0.15, 0.2) is 6.23 Å². The predicted molar refractivity (Wildman–Crippen MR) is 102 cm³/mol. The number of aromatic nitrogens is 2. The van der Waals surface area contributed by atoms with Crippen LogP contribution >= 0.6 is 0 Å². The Balaban J connectivity index is 1.27. The molecule has 3 atom stereocenters. The highest BCUT2D eigenvalue weighted by Gasteiger charge is 2.41. The summed E-state index contributed by atoms with van der Waals surface area (Å²) in [6, 6.07) is 11.0. The molecule has 0 saturated carbocycles. The Labute approximate surface area is 161 Å². The Kier molecular flexibility index (Phi) is 4.54. The quantitative estimate of drug-likeness (QED) is 0.657. The summed E-state index contributed by atoms with van der Waals surface area (Å²) < 4.78 is 30.0. The number of fused-ring (bicyclic) bond motifs is 1. The van der Waals surface area contributed by atoms with Crippen LogP contribution in [-0.4, -0.2) is 36.0 Å². The second-order valence-electron chi connectivity index (χ2n) is 7.12. The zero-order valence-corrected chi connectivity index (χ0v) is 15.2. The smallest absolute Gasteiger partial charge is 0.221 e. The first-order valence-corrected chi connectivity index (χ1v) is 9.39. The average Bonchev–Trinajstić information content (AvgIpc) is 3.27. The van der Waals surface area contributed by atoms with Crippen molar-refractivity contribution in [1.82, 2.24) is 9.97 Å². The molecule has 2 fully saturated rings. The van der Waals surface area contributed by atoms with Gasteiger partial charge in [-0.1, -0.05) is 0 Å². The Morgan fingerprint density at radius 2 is 2.14 bits per heavy atom. The Morgan fingerprint density at radius 1 is 1.18 bits per heavy atom. The molecule has 144 valence electrons. The van der Waals surface area contributed by atoms with Crippen molar-refractivity contribution >= 4 is 16.5 Å². The maximum absolute atomic E-state index is 13.0. The maximum atomic E-state index is 13.0. The normalized spacial score (nSPS) is 23.7. The molecular formula is C21H20FN3O3. The first-order chi connectivity index (χ1) is 13.8. The summed E-state index contributed by atoms with van der Waals surface area (Å²) in [6.07, 6.45) is 3.66. The van der Waals surface area contributed by atoms with Gasteiger partial charge in [-0.05, 0) is 48.2 Å². The second kappa shape index (κ2) is 7.33. The first kappa shape index (κ1) is 17.3. The van der Waals surface area contributed by atoms with Gasteiger partial charge in [0.2, 0.25) is 5.88 Å². The van der Waals surface area contributed by atoms with Crippen molar-refractivity contribution < 1.29 is 18.6 Å². The summed E-state index contributed by atoms with van der Waals surface area (Å²) in [7, 11) is 0. The lowest BCUT2D eigenvalue weighted by Crippen LogP contribution is -2.12. The van der Waals surface area contributed by atoms with Gasteiger partial charge in [-0.15, -0.1) is 0 Å². The molecule has 3 aromatic rings. The van der Waals surface area contributed by atoms with Crippen molar-refractivity contribution in [3.63, 3.8) is 0 Å². The molecule has 2 aliphatic rings. The van der Waals surface area contributed by atoms with Crippen LogP contribution in [0.1, 0.15) is 18.2 Å². The molecule has 0 bridgehead atoms. The Hall–Kier alpha value is -2.77. The number of benzene rings is 1. The standard InChI is InChI=1S/C21H20FN3O3/c22-15-1-4-18(24-10-15)19-21(28-19)25-16-2-3-17-14(9-16)5-7-23-20(17)27-12-13-6-8-26-11-13/h1-5,7,9-10,13,19,21,25H,6,8,11-12H2. The molecule has 0 radical (unpaired) electrons. The number of hydrogen-bond acceptors (Lipinski definition) is 6. The van der Waals surface area contributed by atoms with E-state index >= 15 is 0 Å². The van der Waals surface area contributed by atoms with E-state index in [1.807, 2.05) is 24.3 Å². The number of nitrogens with one attached hydrogen (secondary N) is 1. The van der Waals surface area contributed by atoms with Crippen LogP contribution in [0.5, 0.6) is 5.88 Å². The minimum Gasteiger partial charge on any atom is -0.477 e. The van der Waals surface area contributed by atoms with Crippen molar-refractivity contribution in [1.29, 1.82) is 0 Å². The van der Waals surface area contributed by atoms with Gasteiger partial charge in [-0.3, -0.25) is 4.98 Å². The maximum Gasteiger partial charge on any atom is 0.221 e. The summed E-state index contributed by atoms with van der Waals surface area (Å²) in [6.45, 7) is 2.18. The van der Waals surface area contributed by atoms with Crippen molar-refractivity contribution in [2.75, 3.05) is 25.1 Å². The number of pyridine rings is 2. The summed E-state index contributed by atoms with van der Waals surface area (Å²) in [5.74, 6) is 0.726. The van der Waals surface area contributed by atoms with Crippen LogP contribution < -0.4 is 10.1 Å². The lowest BCUT2D eigenvalue weighted by molar-refractivity contribution is 0.166. The summed E-state index contributed by atoms with van der Waals surface area (Å²) in [5, 5.41) is 5.34. The number of epoxide rings is 1. The second-order valence-corrected chi connectivity index (χ2v) is 7.12. The number of ether oxygens (including phenoxy) is 3. The van der Waals surface area contributed by atoms with Gasteiger partial charge in [0.1, 0.15) is 11.9 Å². The predicted octanol–water partition coefficient (Wildman–Crippen LogP) is 3.69. The minimum atomic E-state index is -0.351. The van der Waals surface area contributed by atoms with Crippen molar-refractivity contribution in [3.8, 4) is 5.88 Å². The van der Waals surface area contributed by atoms with Gasteiger partial charge >= 0.3 is 0 Å². The van der Waals surface area contributed by atoms with Crippen LogP contribution in [0.3, 0.4) is 0 Å². The van der Waals surface area contributed by atoms with Gasteiger partial charge in [-0.2, -0.15) is 0 Å². The molecule has 2 aromatic heterocycles. The monoisotopic (exact) mass is 381 g/mol. The molecule has 5 rings (SSSR count). The molecule has 28 heavy (non-hydrogen) atoms. The van der Waals surface area contributed by atoms with Crippen molar-refractivity contribution in [2.45, 2.75) is 18.8 Å². The Bertz CT molecular complexity index is 976. The SMILES string of the molecule is Fc1ccc(C2OC2Nc2ccc3c(OCC4CCOC4)nccc3c2)nc1. The van der Waals surface area contributed by atoms with E-state index in [0.29, 0.717) is 18.4 Å². The zero-order valence-electron chi connectivity index (χ0n) is 15.2. The number of halogens is 1. The van der Waals surface area contributed by atoms with E-state index < -0.39 is 0 Å². The van der Waals surface area contributed by atoms with Gasteiger partial charge in [0.25, 0.3) is 0 Å². The molecule has 2 aliphatic heterocycles. The molecule has 0 spiro atoms. The molecule has 3 unspecified atom stereocenters. The molecule has 1 N–H and O–H groups in total. The summed E-state index contributed by atoms with van der Waals surface area (Å²) >= 11 is 0. The fourth-order valence-corrected chi connectivity index (χ4v) is 3.43. The number of hydrogen-bond donors (Lipinski definition) is 1. The Morgan fingerprint density at radius 3 is 2.96 bits per heavy atom. The van der Waals surface area contributed by atoms with Gasteiger partial charge < -0.3 is 19.5 Å². The lowest BCUT2D eigenvalue weighted by atomic mass is 10.1. The van der Waals surface area contributed by atoms with E-state index in [1.165, 1.54) is 12.3 Å².